The maximum Gasteiger partial charge on any atom is 0.160 e. The molecule has 0 saturated heterocycles. The average molecular weight is 743 g/mol. The van der Waals surface area contributed by atoms with E-state index >= 15 is 0 Å². The summed E-state index contributed by atoms with van der Waals surface area (Å²) in [6, 6.07) is 70.6. The predicted molar refractivity (Wildman–Crippen MR) is 241 cm³/mol. The maximum absolute atomic E-state index is 5.18. The van der Waals surface area contributed by atoms with Crippen LogP contribution in [0.25, 0.3) is 89.2 Å². The Kier molecular flexibility index (Phi) is 8.43. The molecular formula is C56H42N2. The molecule has 58 heavy (non-hydrogen) atoms. The Morgan fingerprint density at radius 1 is 0.328 bits per heavy atom. The Labute approximate surface area is 340 Å². The van der Waals surface area contributed by atoms with E-state index < -0.39 is 0 Å². The summed E-state index contributed by atoms with van der Waals surface area (Å²) in [5, 5.41) is 2.66. The lowest BCUT2D eigenvalue weighted by atomic mass is 9.67. The molecule has 0 amide bonds. The SMILES string of the molecule is c1ccc(-c2ccc(-c3cc(-c4cccc(-c5cccc(-c6cccc7c6-c6cc8ccccc8cc6C76CCCCC6)c5)c4)nc(-c4ccccc4)n3)cc2)cc1. The number of aromatic nitrogens is 2. The molecular weight excluding hydrogens is 701 g/mol. The summed E-state index contributed by atoms with van der Waals surface area (Å²) in [5.74, 6) is 0.717. The van der Waals surface area contributed by atoms with Crippen LogP contribution >= 0.6 is 0 Å². The topological polar surface area (TPSA) is 25.8 Å². The smallest absolute Gasteiger partial charge is 0.160 e. The number of benzene rings is 8. The first-order valence-electron chi connectivity index (χ1n) is 20.7. The van der Waals surface area contributed by atoms with Crippen LogP contribution in [0.4, 0.5) is 0 Å². The van der Waals surface area contributed by atoms with Crippen molar-refractivity contribution in [3.05, 3.63) is 205 Å². The number of hydrogen-bond donors (Lipinski definition) is 0. The van der Waals surface area contributed by atoms with Crippen LogP contribution in [0.1, 0.15) is 43.2 Å². The van der Waals surface area contributed by atoms with Crippen molar-refractivity contribution in [1.82, 2.24) is 9.97 Å². The van der Waals surface area contributed by atoms with Crippen LogP contribution in [0.15, 0.2) is 194 Å². The Morgan fingerprint density at radius 3 is 1.59 bits per heavy atom. The first-order valence-corrected chi connectivity index (χ1v) is 20.7. The van der Waals surface area contributed by atoms with Gasteiger partial charge in [0.1, 0.15) is 0 Å². The van der Waals surface area contributed by atoms with Gasteiger partial charge in [0.15, 0.2) is 5.82 Å². The van der Waals surface area contributed by atoms with Crippen LogP contribution in [0.5, 0.6) is 0 Å². The molecule has 2 aliphatic rings. The molecule has 8 aromatic carbocycles. The Morgan fingerprint density at radius 2 is 0.862 bits per heavy atom. The Balaban J connectivity index is 0.996. The highest BCUT2D eigenvalue weighted by atomic mass is 14.9. The molecule has 1 aromatic heterocycles. The lowest BCUT2D eigenvalue weighted by Crippen LogP contribution is -2.28. The summed E-state index contributed by atoms with van der Waals surface area (Å²) < 4.78 is 0. The molecule has 0 N–H and O–H groups in total. The maximum atomic E-state index is 5.18. The molecule has 0 unspecified atom stereocenters. The summed E-state index contributed by atoms with van der Waals surface area (Å²) in [5.41, 5.74) is 18.2. The molecule has 1 saturated carbocycles. The third kappa shape index (κ3) is 5.96. The zero-order valence-corrected chi connectivity index (χ0v) is 32.4. The van der Waals surface area contributed by atoms with Crippen molar-refractivity contribution in [1.29, 1.82) is 0 Å². The first kappa shape index (κ1) is 34.4. The number of fused-ring (bicyclic) bond motifs is 6. The van der Waals surface area contributed by atoms with Gasteiger partial charge in [-0.25, -0.2) is 9.97 Å². The fourth-order valence-electron chi connectivity index (χ4n) is 9.81. The van der Waals surface area contributed by atoms with Crippen molar-refractivity contribution in [3.8, 4) is 78.4 Å². The predicted octanol–water partition coefficient (Wildman–Crippen LogP) is 14.9. The average Bonchev–Trinajstić information content (AvgIpc) is 3.56. The van der Waals surface area contributed by atoms with Crippen LogP contribution in [0.3, 0.4) is 0 Å². The highest BCUT2D eigenvalue weighted by Crippen LogP contribution is 2.58. The second-order valence-corrected chi connectivity index (χ2v) is 16.0. The molecule has 1 fully saturated rings. The zero-order chi connectivity index (χ0) is 38.5. The molecule has 2 aliphatic carbocycles. The van der Waals surface area contributed by atoms with Gasteiger partial charge in [0, 0.05) is 22.1 Å². The van der Waals surface area contributed by atoms with Gasteiger partial charge in [-0.1, -0.05) is 183 Å². The van der Waals surface area contributed by atoms with Gasteiger partial charge < -0.3 is 0 Å². The van der Waals surface area contributed by atoms with Crippen LogP contribution in [0.2, 0.25) is 0 Å². The molecule has 2 heteroatoms. The van der Waals surface area contributed by atoms with E-state index in [9.17, 15) is 0 Å². The molecule has 2 nitrogen and oxygen atoms in total. The van der Waals surface area contributed by atoms with Gasteiger partial charge in [-0.05, 0) is 110 Å². The Bertz CT molecular complexity index is 2960. The molecule has 0 radical (unpaired) electrons. The van der Waals surface area contributed by atoms with Crippen LogP contribution < -0.4 is 0 Å². The quantitative estimate of drug-likeness (QED) is 0.170. The fraction of sp³-hybridized carbons (Fsp3) is 0.107. The summed E-state index contributed by atoms with van der Waals surface area (Å²) >= 11 is 0. The van der Waals surface area contributed by atoms with Gasteiger partial charge >= 0.3 is 0 Å². The first-order chi connectivity index (χ1) is 28.7. The van der Waals surface area contributed by atoms with Crippen molar-refractivity contribution < 1.29 is 0 Å². The monoisotopic (exact) mass is 742 g/mol. The summed E-state index contributed by atoms with van der Waals surface area (Å²) in [4.78, 5) is 10.3. The largest absolute Gasteiger partial charge is 0.228 e. The molecule has 0 atom stereocenters. The summed E-state index contributed by atoms with van der Waals surface area (Å²) in [6.45, 7) is 0. The number of hydrogen-bond acceptors (Lipinski definition) is 2. The van der Waals surface area contributed by atoms with Crippen LogP contribution in [-0.2, 0) is 5.41 Å². The van der Waals surface area contributed by atoms with E-state index in [2.05, 4.69) is 176 Å². The minimum absolute atomic E-state index is 0.0911. The van der Waals surface area contributed by atoms with E-state index in [1.807, 2.05) is 18.2 Å². The highest BCUT2D eigenvalue weighted by molar-refractivity contribution is 5.99. The molecule has 1 heterocycles. The molecule has 9 aromatic rings. The van der Waals surface area contributed by atoms with E-state index in [0.29, 0.717) is 0 Å². The second kappa shape index (κ2) is 14.2. The van der Waals surface area contributed by atoms with Crippen molar-refractivity contribution in [2.45, 2.75) is 37.5 Å². The van der Waals surface area contributed by atoms with E-state index in [4.69, 9.17) is 9.97 Å². The second-order valence-electron chi connectivity index (χ2n) is 16.0. The van der Waals surface area contributed by atoms with Gasteiger partial charge in [0.25, 0.3) is 0 Å². The van der Waals surface area contributed by atoms with Crippen molar-refractivity contribution in [2.24, 2.45) is 0 Å². The van der Waals surface area contributed by atoms with Gasteiger partial charge in [-0.3, -0.25) is 0 Å². The summed E-state index contributed by atoms with van der Waals surface area (Å²) in [6.07, 6.45) is 6.33. The van der Waals surface area contributed by atoms with Crippen LogP contribution in [0, 0.1) is 0 Å². The van der Waals surface area contributed by atoms with Gasteiger partial charge in [0.2, 0.25) is 0 Å². The third-order valence-electron chi connectivity index (χ3n) is 12.7. The Hall–Kier alpha value is -6.90. The van der Waals surface area contributed by atoms with E-state index in [1.54, 1.807) is 0 Å². The standard InChI is InChI=1S/C56H42N2/c1-4-15-38(16-5-1)39-27-29-40(30-28-39)52-37-53(58-55(57-52)41-17-6-2-7-18-41)47-24-13-22-43(34-47)42-21-12-23-46(33-42)48-25-14-26-50-54(48)49-35-44-19-8-9-20-45(44)36-51(49)56(50)31-10-3-11-32-56/h1-2,4-9,12-30,33-37H,3,10-11,31-32H2. The van der Waals surface area contributed by atoms with Crippen molar-refractivity contribution in [3.63, 3.8) is 0 Å². The minimum Gasteiger partial charge on any atom is -0.228 e. The molecule has 11 rings (SSSR count). The van der Waals surface area contributed by atoms with E-state index in [0.717, 1.165) is 39.5 Å². The molecule has 276 valence electrons. The van der Waals surface area contributed by atoms with Crippen molar-refractivity contribution >= 4 is 10.8 Å². The molecule has 0 bridgehead atoms. The fourth-order valence-corrected chi connectivity index (χ4v) is 9.81. The highest BCUT2D eigenvalue weighted by Gasteiger charge is 2.44. The molecule has 0 aliphatic heterocycles. The molecule has 1 spiro atoms. The minimum atomic E-state index is 0.0911. The van der Waals surface area contributed by atoms with Gasteiger partial charge in [-0.15, -0.1) is 0 Å². The van der Waals surface area contributed by atoms with E-state index in [-0.39, 0.29) is 5.41 Å². The van der Waals surface area contributed by atoms with Crippen LogP contribution in [-0.4, -0.2) is 9.97 Å². The van der Waals surface area contributed by atoms with Gasteiger partial charge in [0.05, 0.1) is 11.4 Å². The van der Waals surface area contributed by atoms with E-state index in [1.165, 1.54) is 92.9 Å². The lowest BCUT2D eigenvalue weighted by Gasteiger charge is -2.36. The zero-order valence-electron chi connectivity index (χ0n) is 32.4. The number of nitrogens with zero attached hydrogens (tertiary/aromatic N) is 2. The summed E-state index contributed by atoms with van der Waals surface area (Å²) in [7, 11) is 0. The normalized spacial score (nSPS) is 14.0. The van der Waals surface area contributed by atoms with Crippen molar-refractivity contribution in [2.75, 3.05) is 0 Å². The van der Waals surface area contributed by atoms with Gasteiger partial charge in [-0.2, -0.15) is 0 Å². The lowest BCUT2D eigenvalue weighted by molar-refractivity contribution is 0.353. The number of rotatable bonds is 6. The third-order valence-corrected chi connectivity index (χ3v) is 12.7.